The first kappa shape index (κ1) is 13.1. The van der Waals surface area contributed by atoms with E-state index in [1.54, 1.807) is 0 Å². The van der Waals surface area contributed by atoms with Crippen LogP contribution in [0, 0.1) is 0 Å². The van der Waals surface area contributed by atoms with Crippen molar-refractivity contribution in [3.8, 4) is 0 Å². The summed E-state index contributed by atoms with van der Waals surface area (Å²) in [5.41, 5.74) is 0. The molecule has 0 rings (SSSR count). The summed E-state index contributed by atoms with van der Waals surface area (Å²) in [5.74, 6) is 0. The molecule has 0 aromatic rings. The molecular weight excluding hydrogens is 190 g/mol. The Hall–Kier alpha value is 0.440. The van der Waals surface area contributed by atoms with Gasteiger partial charge in [0.2, 0.25) is 0 Å². The van der Waals surface area contributed by atoms with Crippen molar-refractivity contribution in [1.29, 1.82) is 0 Å². The molecule has 1 nitrogen and oxygen atoms in total. The molecule has 0 saturated heterocycles. The zero-order valence-corrected chi connectivity index (χ0v) is 9.40. The summed E-state index contributed by atoms with van der Waals surface area (Å²) in [7, 11) is 0. The maximum atomic E-state index is 2.27. The van der Waals surface area contributed by atoms with E-state index in [1.807, 2.05) is 0 Å². The van der Waals surface area contributed by atoms with Gasteiger partial charge in [0.05, 0.1) is 26.2 Å². The fourth-order valence-electron chi connectivity index (χ4n) is 1.34. The summed E-state index contributed by atoms with van der Waals surface area (Å²) in [6.45, 7) is 14.2. The minimum Gasteiger partial charge on any atom is -0.325 e. The zero-order valence-electron chi connectivity index (χ0n) is 7.68. The molecule has 0 spiro atoms. The van der Waals surface area contributed by atoms with Crippen molar-refractivity contribution in [1.82, 2.24) is 0 Å². The second-order valence-corrected chi connectivity index (χ2v) is 2.61. The maximum Gasteiger partial charge on any atom is 0.0757 e. The third kappa shape index (κ3) is 3.02. The lowest BCUT2D eigenvalue weighted by Gasteiger charge is -2.34. The van der Waals surface area contributed by atoms with Gasteiger partial charge >= 0.3 is 0 Å². The summed E-state index contributed by atoms with van der Waals surface area (Å²) in [5, 5.41) is 0. The quantitative estimate of drug-likeness (QED) is 0.626. The number of hydrogen-bond acceptors (Lipinski definition) is 0. The van der Waals surface area contributed by atoms with Crippen LogP contribution in [0.15, 0.2) is 0 Å². The molecule has 64 valence electrons. The summed E-state index contributed by atoms with van der Waals surface area (Å²) < 4.78 is 1.28. The van der Waals surface area contributed by atoms with E-state index < -0.39 is 0 Å². The summed E-state index contributed by atoms with van der Waals surface area (Å²) in [6.07, 6.45) is 0. The lowest BCUT2D eigenvalue weighted by molar-refractivity contribution is -0.921. The van der Waals surface area contributed by atoms with E-state index in [-0.39, 0.29) is 17.0 Å². The molecule has 0 atom stereocenters. The van der Waals surface area contributed by atoms with Crippen molar-refractivity contribution in [2.45, 2.75) is 27.7 Å². The van der Waals surface area contributed by atoms with Crippen molar-refractivity contribution in [2.75, 3.05) is 26.2 Å². The van der Waals surface area contributed by atoms with Gasteiger partial charge in [-0.25, -0.2) is 0 Å². The van der Waals surface area contributed by atoms with Gasteiger partial charge in [0.25, 0.3) is 0 Å². The van der Waals surface area contributed by atoms with Crippen molar-refractivity contribution >= 4 is 17.0 Å². The van der Waals surface area contributed by atoms with E-state index in [2.05, 4.69) is 27.7 Å². The van der Waals surface area contributed by atoms with Gasteiger partial charge in [-0.1, -0.05) is 0 Å². The third-order valence-electron chi connectivity index (χ3n) is 2.68. The van der Waals surface area contributed by atoms with Gasteiger partial charge in [0, 0.05) is 0 Å². The molecule has 0 N–H and O–H groups in total. The van der Waals surface area contributed by atoms with Gasteiger partial charge in [-0.15, -0.1) is 17.0 Å². The predicted molar refractivity (Wildman–Crippen MR) is 52.7 cm³/mol. The number of rotatable bonds is 4. The third-order valence-corrected chi connectivity index (χ3v) is 2.68. The Morgan fingerprint density at radius 2 is 0.900 bits per heavy atom. The Morgan fingerprint density at radius 1 is 0.700 bits per heavy atom. The molecule has 0 heterocycles. The number of nitrogens with zero attached hydrogens (tertiary/aromatic N) is 1. The van der Waals surface area contributed by atoms with E-state index in [1.165, 1.54) is 30.7 Å². The molecule has 0 aliphatic heterocycles. The van der Waals surface area contributed by atoms with Crippen molar-refractivity contribution in [2.24, 2.45) is 0 Å². The first-order chi connectivity index (χ1) is 4.24. The van der Waals surface area contributed by atoms with Crippen LogP contribution < -0.4 is 0 Å². The van der Waals surface area contributed by atoms with Crippen molar-refractivity contribution in [3.05, 3.63) is 0 Å². The summed E-state index contributed by atoms with van der Waals surface area (Å²) in [6, 6.07) is 0. The highest BCUT2D eigenvalue weighted by atomic mass is 79.9. The van der Waals surface area contributed by atoms with E-state index in [9.17, 15) is 0 Å². The van der Waals surface area contributed by atoms with Crippen molar-refractivity contribution in [3.63, 3.8) is 0 Å². The molecule has 0 aliphatic rings. The fourth-order valence-corrected chi connectivity index (χ4v) is 1.34. The molecule has 0 aromatic heterocycles. The smallest absolute Gasteiger partial charge is 0.0757 e. The molecule has 2 heteroatoms. The Morgan fingerprint density at radius 3 is 0.900 bits per heavy atom. The fraction of sp³-hybridized carbons (Fsp3) is 1.00. The summed E-state index contributed by atoms with van der Waals surface area (Å²) in [4.78, 5) is 0. The number of halogens is 1. The van der Waals surface area contributed by atoms with Crippen LogP contribution in [0.2, 0.25) is 0 Å². The summed E-state index contributed by atoms with van der Waals surface area (Å²) >= 11 is 0. The second kappa shape index (κ2) is 6.17. The van der Waals surface area contributed by atoms with E-state index in [0.29, 0.717) is 0 Å². The van der Waals surface area contributed by atoms with Gasteiger partial charge < -0.3 is 4.48 Å². The molecule has 0 fully saturated rings. The van der Waals surface area contributed by atoms with Crippen molar-refractivity contribution < 1.29 is 4.48 Å². The normalized spacial score (nSPS) is 10.8. The van der Waals surface area contributed by atoms with Crippen LogP contribution in [-0.4, -0.2) is 30.7 Å². The highest BCUT2D eigenvalue weighted by Crippen LogP contribution is 2.03. The molecule has 0 bridgehead atoms. The number of hydrogen-bond donors (Lipinski definition) is 0. The minimum atomic E-state index is 0. The van der Waals surface area contributed by atoms with Crippen LogP contribution in [0.3, 0.4) is 0 Å². The number of quaternary nitrogens is 1. The van der Waals surface area contributed by atoms with Gasteiger partial charge in [0.1, 0.15) is 0 Å². The Bertz CT molecular complexity index is 52.1. The first-order valence-electron chi connectivity index (χ1n) is 4.09. The molecule has 10 heavy (non-hydrogen) atoms. The van der Waals surface area contributed by atoms with Crippen LogP contribution in [0.5, 0.6) is 0 Å². The standard InChI is InChI=1S/C8H20N.BrH/c1-5-9(6-2,7-3)8-4;/h5-8H2,1-4H3;1H/q+1;. The van der Waals surface area contributed by atoms with Gasteiger partial charge in [0.15, 0.2) is 0 Å². The molecule has 0 aliphatic carbocycles. The molecular formula is C8H21BrN+. The van der Waals surface area contributed by atoms with Crippen LogP contribution in [-0.2, 0) is 0 Å². The Labute approximate surface area is 75.8 Å². The van der Waals surface area contributed by atoms with Crippen LogP contribution in [0.1, 0.15) is 27.7 Å². The maximum absolute atomic E-state index is 2.27. The SMILES string of the molecule is Br.CC[N+](CC)(CC)CC. The molecule has 0 radical (unpaired) electrons. The molecule has 0 aromatic carbocycles. The van der Waals surface area contributed by atoms with Crippen LogP contribution in [0.4, 0.5) is 0 Å². The average Bonchev–Trinajstić information content (AvgIpc) is 1.95. The Balaban J connectivity index is 0. The lowest BCUT2D eigenvalue weighted by Crippen LogP contribution is -2.47. The topological polar surface area (TPSA) is 0 Å². The van der Waals surface area contributed by atoms with E-state index in [0.717, 1.165) is 0 Å². The Kier molecular flexibility index (Phi) is 8.06. The highest BCUT2D eigenvalue weighted by molar-refractivity contribution is 8.93. The largest absolute Gasteiger partial charge is 0.325 e. The van der Waals surface area contributed by atoms with E-state index in [4.69, 9.17) is 0 Å². The zero-order chi connectivity index (χ0) is 7.33. The predicted octanol–water partition coefficient (Wildman–Crippen LogP) is 2.46. The van der Waals surface area contributed by atoms with E-state index >= 15 is 0 Å². The van der Waals surface area contributed by atoms with Crippen LogP contribution in [0.25, 0.3) is 0 Å². The van der Waals surface area contributed by atoms with Gasteiger partial charge in [-0.2, -0.15) is 0 Å². The highest BCUT2D eigenvalue weighted by Gasteiger charge is 2.16. The second-order valence-electron chi connectivity index (χ2n) is 2.61. The van der Waals surface area contributed by atoms with Gasteiger partial charge in [-0.05, 0) is 27.7 Å². The lowest BCUT2D eigenvalue weighted by atomic mass is 10.3. The monoisotopic (exact) mass is 210 g/mol. The molecule has 0 saturated carbocycles. The molecule has 0 unspecified atom stereocenters. The minimum absolute atomic E-state index is 0. The van der Waals surface area contributed by atoms with Gasteiger partial charge in [-0.3, -0.25) is 0 Å². The molecule has 0 amide bonds. The average molecular weight is 211 g/mol. The van der Waals surface area contributed by atoms with Crippen LogP contribution >= 0.6 is 17.0 Å². The first-order valence-corrected chi connectivity index (χ1v) is 4.09.